The van der Waals surface area contributed by atoms with Gasteiger partial charge in [-0.05, 0) is 48.0 Å². The number of benzene rings is 2. The zero-order chi connectivity index (χ0) is 15.1. The molecule has 0 radical (unpaired) electrons. The molecular formula is C17H15BrO3. The van der Waals surface area contributed by atoms with Crippen LogP contribution in [0, 0.1) is 0 Å². The molecule has 4 heteroatoms. The summed E-state index contributed by atoms with van der Waals surface area (Å²) < 4.78 is 11.1. The highest BCUT2D eigenvalue weighted by Crippen LogP contribution is 2.14. The quantitative estimate of drug-likeness (QED) is 0.443. The van der Waals surface area contributed by atoms with E-state index in [0.717, 1.165) is 10.0 Å². The van der Waals surface area contributed by atoms with Crippen molar-refractivity contribution in [3.05, 3.63) is 70.2 Å². The second-order valence-electron chi connectivity index (χ2n) is 4.32. The molecule has 2 aromatic rings. The van der Waals surface area contributed by atoms with Crippen molar-refractivity contribution in [2.75, 3.05) is 13.9 Å². The number of ether oxygens (including phenoxy) is 2. The maximum atomic E-state index is 12.0. The molecule has 2 rings (SSSR count). The molecule has 108 valence electrons. The molecule has 0 N–H and O–H groups in total. The number of rotatable bonds is 6. The van der Waals surface area contributed by atoms with Gasteiger partial charge in [0.15, 0.2) is 12.6 Å². The number of ketones is 1. The molecule has 0 saturated heterocycles. The van der Waals surface area contributed by atoms with Crippen molar-refractivity contribution in [3.63, 3.8) is 0 Å². The average molecular weight is 347 g/mol. The van der Waals surface area contributed by atoms with Gasteiger partial charge in [0.25, 0.3) is 0 Å². The highest BCUT2D eigenvalue weighted by molar-refractivity contribution is 9.10. The zero-order valence-corrected chi connectivity index (χ0v) is 13.2. The van der Waals surface area contributed by atoms with Crippen LogP contribution in [0.25, 0.3) is 6.08 Å². The summed E-state index contributed by atoms with van der Waals surface area (Å²) in [5, 5.41) is 0. The molecule has 3 nitrogen and oxygen atoms in total. The first kappa shape index (κ1) is 15.5. The van der Waals surface area contributed by atoms with Gasteiger partial charge >= 0.3 is 0 Å². The summed E-state index contributed by atoms with van der Waals surface area (Å²) in [7, 11) is 1.56. The van der Waals surface area contributed by atoms with Gasteiger partial charge in [-0.15, -0.1) is 0 Å². The van der Waals surface area contributed by atoms with Gasteiger partial charge in [-0.25, -0.2) is 0 Å². The largest absolute Gasteiger partial charge is 0.468 e. The van der Waals surface area contributed by atoms with E-state index >= 15 is 0 Å². The Balaban J connectivity index is 2.01. The lowest BCUT2D eigenvalue weighted by molar-refractivity contribution is 0.0511. The van der Waals surface area contributed by atoms with Gasteiger partial charge in [0.1, 0.15) is 5.75 Å². The molecular weight excluding hydrogens is 332 g/mol. The summed E-state index contributed by atoms with van der Waals surface area (Å²) in [4.78, 5) is 12.0. The summed E-state index contributed by atoms with van der Waals surface area (Å²) in [6, 6.07) is 14.7. The lowest BCUT2D eigenvalue weighted by Crippen LogP contribution is -1.99. The fraction of sp³-hybridized carbons (Fsp3) is 0.118. The zero-order valence-electron chi connectivity index (χ0n) is 11.6. The lowest BCUT2D eigenvalue weighted by Gasteiger charge is -2.04. The van der Waals surface area contributed by atoms with Crippen molar-refractivity contribution in [2.45, 2.75) is 0 Å². The Morgan fingerprint density at radius 3 is 2.38 bits per heavy atom. The smallest absolute Gasteiger partial charge is 0.188 e. The van der Waals surface area contributed by atoms with Crippen LogP contribution in [0.1, 0.15) is 15.9 Å². The van der Waals surface area contributed by atoms with Gasteiger partial charge in [-0.1, -0.05) is 34.1 Å². The molecule has 0 unspecified atom stereocenters. The molecule has 0 bridgehead atoms. The van der Waals surface area contributed by atoms with E-state index in [-0.39, 0.29) is 12.6 Å². The summed E-state index contributed by atoms with van der Waals surface area (Å²) in [5.41, 5.74) is 1.60. The van der Waals surface area contributed by atoms with Crippen LogP contribution in [0.5, 0.6) is 5.75 Å². The average Bonchev–Trinajstić information content (AvgIpc) is 2.52. The number of carbonyl (C=O) groups is 1. The normalized spacial score (nSPS) is 10.8. The Morgan fingerprint density at radius 2 is 1.76 bits per heavy atom. The van der Waals surface area contributed by atoms with Gasteiger partial charge in [0.05, 0.1) is 0 Å². The molecule has 0 spiro atoms. The molecule has 0 saturated carbocycles. The number of carbonyl (C=O) groups excluding carboxylic acids is 1. The Morgan fingerprint density at radius 1 is 1.10 bits per heavy atom. The molecule has 2 aromatic carbocycles. The van der Waals surface area contributed by atoms with E-state index < -0.39 is 0 Å². The highest BCUT2D eigenvalue weighted by Gasteiger charge is 2.02. The molecule has 0 fully saturated rings. The maximum Gasteiger partial charge on any atom is 0.188 e. The van der Waals surface area contributed by atoms with Gasteiger partial charge in [0.2, 0.25) is 0 Å². The predicted molar refractivity (Wildman–Crippen MR) is 86.5 cm³/mol. The van der Waals surface area contributed by atoms with Gasteiger partial charge < -0.3 is 9.47 Å². The first-order valence-electron chi connectivity index (χ1n) is 6.39. The number of allylic oxidation sites excluding steroid dienone is 1. The molecule has 0 aliphatic rings. The second-order valence-corrected chi connectivity index (χ2v) is 5.24. The van der Waals surface area contributed by atoms with Crippen LogP contribution in [0.2, 0.25) is 0 Å². The van der Waals surface area contributed by atoms with Crippen LogP contribution in [0.15, 0.2) is 59.1 Å². The third-order valence-electron chi connectivity index (χ3n) is 2.78. The highest BCUT2D eigenvalue weighted by atomic mass is 79.9. The van der Waals surface area contributed by atoms with Crippen LogP contribution in [-0.4, -0.2) is 19.7 Å². The Hall–Kier alpha value is -1.91. The maximum absolute atomic E-state index is 12.0. The van der Waals surface area contributed by atoms with E-state index in [4.69, 9.17) is 9.47 Å². The van der Waals surface area contributed by atoms with Crippen LogP contribution >= 0.6 is 15.9 Å². The van der Waals surface area contributed by atoms with E-state index in [0.29, 0.717) is 11.3 Å². The van der Waals surface area contributed by atoms with Crippen molar-refractivity contribution in [1.82, 2.24) is 0 Å². The van der Waals surface area contributed by atoms with E-state index in [2.05, 4.69) is 15.9 Å². The van der Waals surface area contributed by atoms with Gasteiger partial charge in [-0.3, -0.25) is 4.79 Å². The lowest BCUT2D eigenvalue weighted by atomic mass is 10.1. The topological polar surface area (TPSA) is 35.5 Å². The fourth-order valence-corrected chi connectivity index (χ4v) is 1.95. The summed E-state index contributed by atoms with van der Waals surface area (Å²) in [6.07, 6.45) is 3.36. The second kappa shape index (κ2) is 7.76. The molecule has 0 aliphatic heterocycles. The Bertz CT molecular complexity index is 615. The van der Waals surface area contributed by atoms with Crippen molar-refractivity contribution in [3.8, 4) is 5.75 Å². The number of halogens is 1. The van der Waals surface area contributed by atoms with E-state index in [1.165, 1.54) is 0 Å². The number of methoxy groups -OCH3 is 1. The monoisotopic (exact) mass is 346 g/mol. The predicted octanol–water partition coefficient (Wildman–Crippen LogP) is 4.33. The molecule has 21 heavy (non-hydrogen) atoms. The minimum Gasteiger partial charge on any atom is -0.468 e. The van der Waals surface area contributed by atoms with Gasteiger partial charge in [-0.2, -0.15) is 0 Å². The van der Waals surface area contributed by atoms with Gasteiger partial charge in [0, 0.05) is 17.1 Å². The number of hydrogen-bond acceptors (Lipinski definition) is 3. The summed E-state index contributed by atoms with van der Waals surface area (Å²) >= 11 is 3.38. The molecule has 0 aliphatic carbocycles. The summed E-state index contributed by atoms with van der Waals surface area (Å²) in [5.74, 6) is 0.626. The molecule has 0 atom stereocenters. The minimum absolute atomic E-state index is 0.0452. The summed E-state index contributed by atoms with van der Waals surface area (Å²) in [6.45, 7) is 0.191. The van der Waals surface area contributed by atoms with Crippen molar-refractivity contribution in [1.29, 1.82) is 0 Å². The molecule has 0 aromatic heterocycles. The Kier molecular flexibility index (Phi) is 5.72. The third-order valence-corrected chi connectivity index (χ3v) is 3.31. The number of hydrogen-bond donors (Lipinski definition) is 0. The first-order chi connectivity index (χ1) is 10.2. The van der Waals surface area contributed by atoms with Crippen LogP contribution in [-0.2, 0) is 4.74 Å². The SMILES string of the molecule is COCOc1ccc(C(=O)/C=C/c2ccc(Br)cc2)cc1. The molecule has 0 amide bonds. The van der Waals surface area contributed by atoms with Crippen LogP contribution < -0.4 is 4.74 Å². The van der Waals surface area contributed by atoms with Crippen LogP contribution in [0.3, 0.4) is 0 Å². The van der Waals surface area contributed by atoms with Crippen molar-refractivity contribution >= 4 is 27.8 Å². The first-order valence-corrected chi connectivity index (χ1v) is 7.18. The van der Waals surface area contributed by atoms with E-state index in [9.17, 15) is 4.79 Å². The fourth-order valence-electron chi connectivity index (χ4n) is 1.68. The van der Waals surface area contributed by atoms with Crippen molar-refractivity contribution in [2.24, 2.45) is 0 Å². The standard InChI is InChI=1S/C17H15BrO3/c1-20-12-21-16-9-5-14(6-10-16)17(19)11-4-13-2-7-15(18)8-3-13/h2-11H,12H2,1H3/b11-4+. The van der Waals surface area contributed by atoms with Crippen LogP contribution in [0.4, 0.5) is 0 Å². The minimum atomic E-state index is -0.0452. The Labute approximate surface area is 132 Å². The van der Waals surface area contributed by atoms with Crippen molar-refractivity contribution < 1.29 is 14.3 Å². The van der Waals surface area contributed by atoms with E-state index in [1.807, 2.05) is 24.3 Å². The third kappa shape index (κ3) is 4.85. The molecule has 0 heterocycles. The van der Waals surface area contributed by atoms with E-state index in [1.54, 1.807) is 43.5 Å².